The van der Waals surface area contributed by atoms with Gasteiger partial charge >= 0.3 is 0 Å². The number of piperazine rings is 1. The van der Waals surface area contributed by atoms with Crippen LogP contribution in [0.2, 0.25) is 0 Å². The number of nitrogens with two attached hydrogens (primary N) is 1. The molecule has 0 saturated carbocycles. The molecule has 0 aliphatic carbocycles. The van der Waals surface area contributed by atoms with E-state index in [-0.39, 0.29) is 30.3 Å². The molecule has 1 rings (SSSR count). The summed E-state index contributed by atoms with van der Waals surface area (Å²) in [6.45, 7) is 9.82. The Balaban J connectivity index is 2.77. The van der Waals surface area contributed by atoms with Gasteiger partial charge in [0.2, 0.25) is 11.8 Å². The van der Waals surface area contributed by atoms with Crippen LogP contribution in [-0.4, -0.2) is 66.1 Å². The number of carbonyl (C=O) groups excluding carboxylic acids is 2. The molecule has 2 amide bonds. The van der Waals surface area contributed by atoms with Gasteiger partial charge in [-0.3, -0.25) is 14.5 Å². The fraction of sp³-hybridized carbons (Fsp3) is 0.882. The zero-order valence-corrected chi connectivity index (χ0v) is 14.8. The van der Waals surface area contributed by atoms with E-state index < -0.39 is 0 Å². The smallest absolute Gasteiger partial charge is 0.226 e. The molecule has 0 aromatic carbocycles. The van der Waals surface area contributed by atoms with E-state index in [2.05, 4.69) is 18.7 Å². The number of β-amino-alcohol motifs (C(OH)–C–C–N with tert-alkyl or cyclic N) is 1. The van der Waals surface area contributed by atoms with Gasteiger partial charge in [-0.2, -0.15) is 0 Å². The maximum atomic E-state index is 13.0. The minimum absolute atomic E-state index is 0.0691. The van der Waals surface area contributed by atoms with Gasteiger partial charge < -0.3 is 15.7 Å². The SMILES string of the molecule is CCCC(C(N)=O)C(CC(C)C)C(=O)N1CCN(CCO)CC1. The average molecular weight is 327 g/mol. The minimum atomic E-state index is -0.370. The summed E-state index contributed by atoms with van der Waals surface area (Å²) in [5.41, 5.74) is 5.58. The number of hydrogen-bond donors (Lipinski definition) is 2. The topological polar surface area (TPSA) is 86.9 Å². The fourth-order valence-electron chi connectivity index (χ4n) is 3.37. The first-order valence-corrected chi connectivity index (χ1v) is 8.82. The molecule has 2 atom stereocenters. The standard InChI is InChI=1S/C17H33N3O3/c1-4-5-14(16(18)22)15(12-13(2)3)17(23)20-8-6-19(7-9-20)10-11-21/h13-15,21H,4-12H2,1-3H3,(H2,18,22). The summed E-state index contributed by atoms with van der Waals surface area (Å²) in [4.78, 5) is 28.8. The zero-order valence-electron chi connectivity index (χ0n) is 14.8. The summed E-state index contributed by atoms with van der Waals surface area (Å²) < 4.78 is 0. The first kappa shape index (κ1) is 19.9. The van der Waals surface area contributed by atoms with Crippen LogP contribution in [-0.2, 0) is 9.59 Å². The Labute approximate surface area is 140 Å². The lowest BCUT2D eigenvalue weighted by atomic mass is 9.81. The summed E-state index contributed by atoms with van der Waals surface area (Å²) in [7, 11) is 0. The third-order valence-corrected chi connectivity index (χ3v) is 4.59. The Morgan fingerprint density at radius 1 is 1.13 bits per heavy atom. The fourth-order valence-corrected chi connectivity index (χ4v) is 3.37. The molecule has 6 nitrogen and oxygen atoms in total. The summed E-state index contributed by atoms with van der Waals surface area (Å²) >= 11 is 0. The van der Waals surface area contributed by atoms with E-state index in [9.17, 15) is 9.59 Å². The van der Waals surface area contributed by atoms with Gasteiger partial charge in [0.25, 0.3) is 0 Å². The molecule has 1 aliphatic rings. The Morgan fingerprint density at radius 3 is 2.17 bits per heavy atom. The van der Waals surface area contributed by atoms with Gasteiger partial charge in [-0.25, -0.2) is 0 Å². The van der Waals surface area contributed by atoms with Crippen LogP contribution < -0.4 is 5.73 Å². The number of nitrogens with zero attached hydrogens (tertiary/aromatic N) is 2. The van der Waals surface area contributed by atoms with Crippen molar-refractivity contribution in [2.45, 2.75) is 40.0 Å². The van der Waals surface area contributed by atoms with Crippen molar-refractivity contribution in [3.63, 3.8) is 0 Å². The number of carbonyl (C=O) groups is 2. The maximum Gasteiger partial charge on any atom is 0.226 e. The Morgan fingerprint density at radius 2 is 1.74 bits per heavy atom. The Hall–Kier alpha value is -1.14. The Bertz CT molecular complexity index is 379. The molecular weight excluding hydrogens is 294 g/mol. The van der Waals surface area contributed by atoms with E-state index in [0.29, 0.717) is 38.4 Å². The van der Waals surface area contributed by atoms with Gasteiger partial charge in [0.1, 0.15) is 0 Å². The van der Waals surface area contributed by atoms with Gasteiger partial charge in [-0.05, 0) is 18.8 Å². The van der Waals surface area contributed by atoms with E-state index in [1.807, 2.05) is 11.8 Å². The number of amides is 2. The molecule has 134 valence electrons. The van der Waals surface area contributed by atoms with E-state index in [0.717, 1.165) is 19.5 Å². The van der Waals surface area contributed by atoms with Gasteiger partial charge in [0.15, 0.2) is 0 Å². The molecule has 1 saturated heterocycles. The molecule has 0 bridgehead atoms. The molecule has 0 aromatic heterocycles. The minimum Gasteiger partial charge on any atom is -0.395 e. The summed E-state index contributed by atoms with van der Waals surface area (Å²) in [6.07, 6.45) is 2.21. The van der Waals surface area contributed by atoms with Crippen LogP contribution in [0.3, 0.4) is 0 Å². The van der Waals surface area contributed by atoms with Gasteiger partial charge in [0, 0.05) is 44.6 Å². The van der Waals surface area contributed by atoms with Crippen molar-refractivity contribution >= 4 is 11.8 Å². The molecule has 0 aromatic rings. The van der Waals surface area contributed by atoms with E-state index >= 15 is 0 Å². The predicted octanol–water partition coefficient (Wildman–Crippen LogP) is 0.687. The van der Waals surface area contributed by atoms with Crippen molar-refractivity contribution in [3.8, 4) is 0 Å². The second-order valence-electron chi connectivity index (χ2n) is 6.92. The summed E-state index contributed by atoms with van der Waals surface area (Å²) in [5, 5.41) is 9.00. The molecule has 1 aliphatic heterocycles. The number of rotatable bonds is 9. The molecule has 2 unspecified atom stereocenters. The quantitative estimate of drug-likeness (QED) is 0.652. The number of primary amides is 1. The third kappa shape index (κ3) is 6.11. The van der Waals surface area contributed by atoms with Crippen LogP contribution in [0, 0.1) is 17.8 Å². The largest absolute Gasteiger partial charge is 0.395 e. The Kier molecular flexibility index (Phi) is 8.55. The van der Waals surface area contributed by atoms with Crippen molar-refractivity contribution in [1.82, 2.24) is 9.80 Å². The van der Waals surface area contributed by atoms with Crippen molar-refractivity contribution in [1.29, 1.82) is 0 Å². The van der Waals surface area contributed by atoms with Crippen molar-refractivity contribution in [3.05, 3.63) is 0 Å². The lowest BCUT2D eigenvalue weighted by molar-refractivity contribution is -0.143. The number of hydrogen-bond acceptors (Lipinski definition) is 4. The molecule has 6 heteroatoms. The molecule has 1 heterocycles. The highest BCUT2D eigenvalue weighted by molar-refractivity contribution is 5.87. The van der Waals surface area contributed by atoms with E-state index in [4.69, 9.17) is 10.8 Å². The highest BCUT2D eigenvalue weighted by Crippen LogP contribution is 2.27. The van der Waals surface area contributed by atoms with Gasteiger partial charge in [-0.15, -0.1) is 0 Å². The van der Waals surface area contributed by atoms with Crippen LogP contribution in [0.4, 0.5) is 0 Å². The van der Waals surface area contributed by atoms with Crippen LogP contribution in [0.15, 0.2) is 0 Å². The predicted molar refractivity (Wildman–Crippen MR) is 90.6 cm³/mol. The molecule has 3 N–H and O–H groups in total. The van der Waals surface area contributed by atoms with Gasteiger partial charge in [0.05, 0.1) is 6.61 Å². The summed E-state index contributed by atoms with van der Waals surface area (Å²) in [5.74, 6) is -0.620. The van der Waals surface area contributed by atoms with Gasteiger partial charge in [-0.1, -0.05) is 27.2 Å². The van der Waals surface area contributed by atoms with Crippen molar-refractivity contribution in [2.24, 2.45) is 23.5 Å². The molecule has 1 fully saturated rings. The highest BCUT2D eigenvalue weighted by Gasteiger charge is 2.35. The van der Waals surface area contributed by atoms with Crippen molar-refractivity contribution < 1.29 is 14.7 Å². The van der Waals surface area contributed by atoms with Crippen LogP contribution >= 0.6 is 0 Å². The van der Waals surface area contributed by atoms with E-state index in [1.54, 1.807) is 0 Å². The number of aliphatic hydroxyl groups is 1. The molecule has 23 heavy (non-hydrogen) atoms. The molecule has 0 spiro atoms. The summed E-state index contributed by atoms with van der Waals surface area (Å²) in [6, 6.07) is 0. The second kappa shape index (κ2) is 9.88. The van der Waals surface area contributed by atoms with E-state index in [1.165, 1.54) is 0 Å². The normalized spacial score (nSPS) is 18.9. The van der Waals surface area contributed by atoms with Crippen LogP contribution in [0.5, 0.6) is 0 Å². The monoisotopic (exact) mass is 327 g/mol. The third-order valence-electron chi connectivity index (χ3n) is 4.59. The van der Waals surface area contributed by atoms with Crippen LogP contribution in [0.25, 0.3) is 0 Å². The maximum absolute atomic E-state index is 13.0. The first-order chi connectivity index (χ1) is 10.9. The first-order valence-electron chi connectivity index (χ1n) is 8.82. The zero-order chi connectivity index (χ0) is 17.4. The highest BCUT2D eigenvalue weighted by atomic mass is 16.3. The van der Waals surface area contributed by atoms with Crippen molar-refractivity contribution in [2.75, 3.05) is 39.3 Å². The number of aliphatic hydroxyl groups excluding tert-OH is 1. The lowest BCUT2D eigenvalue weighted by Gasteiger charge is -2.37. The van der Waals surface area contributed by atoms with Crippen LogP contribution in [0.1, 0.15) is 40.0 Å². The lowest BCUT2D eigenvalue weighted by Crippen LogP contribution is -2.52. The molecule has 0 radical (unpaired) electrons. The second-order valence-corrected chi connectivity index (χ2v) is 6.92. The average Bonchev–Trinajstić information content (AvgIpc) is 2.50. The molecular formula is C17H33N3O3.